The number of furan rings is 1. The highest BCUT2D eigenvalue weighted by molar-refractivity contribution is 5.94. The average molecular weight is 346 g/mol. The summed E-state index contributed by atoms with van der Waals surface area (Å²) in [5, 5.41) is 13.1. The van der Waals surface area contributed by atoms with Crippen LogP contribution in [-0.4, -0.2) is 23.4 Å². The number of rotatable bonds is 7. The van der Waals surface area contributed by atoms with Gasteiger partial charge in [-0.05, 0) is 36.1 Å². The molecular weight excluding hydrogens is 328 g/mol. The summed E-state index contributed by atoms with van der Waals surface area (Å²) in [7, 11) is 0. The summed E-state index contributed by atoms with van der Waals surface area (Å²) in [4.78, 5) is 33.2. The number of nitrogens with zero attached hydrogens (tertiary/aromatic N) is 1. The third kappa shape index (κ3) is 4.90. The predicted octanol–water partition coefficient (Wildman–Crippen LogP) is 3.50. The van der Waals surface area contributed by atoms with Crippen LogP contribution >= 0.6 is 0 Å². The molecule has 0 spiro atoms. The van der Waals surface area contributed by atoms with E-state index < -0.39 is 29.3 Å². The lowest BCUT2D eigenvalue weighted by molar-refractivity contribution is -0.402. The minimum Gasteiger partial charge on any atom is -0.450 e. The van der Waals surface area contributed by atoms with Crippen LogP contribution in [0.5, 0.6) is 0 Å². The maximum atomic E-state index is 11.8. The highest BCUT2D eigenvalue weighted by Crippen LogP contribution is 2.20. The van der Waals surface area contributed by atoms with Gasteiger partial charge in [0.2, 0.25) is 5.76 Å². The topological polar surface area (TPSA) is 112 Å². The summed E-state index contributed by atoms with van der Waals surface area (Å²) in [5.74, 6) is -1.95. The Balaban J connectivity index is 1.85. The van der Waals surface area contributed by atoms with E-state index in [0.29, 0.717) is 11.6 Å². The third-order valence-corrected chi connectivity index (χ3v) is 3.68. The van der Waals surface area contributed by atoms with Crippen LogP contribution in [0.2, 0.25) is 0 Å². The van der Waals surface area contributed by atoms with E-state index >= 15 is 0 Å². The maximum Gasteiger partial charge on any atom is 0.433 e. The molecule has 0 radical (unpaired) electrons. The van der Waals surface area contributed by atoms with Crippen LogP contribution in [0.1, 0.15) is 42.3 Å². The molecule has 0 saturated heterocycles. The van der Waals surface area contributed by atoms with Crippen LogP contribution in [0.4, 0.5) is 11.6 Å². The number of amides is 1. The Bertz CT molecular complexity index is 766. The van der Waals surface area contributed by atoms with E-state index in [1.54, 1.807) is 12.1 Å². The van der Waals surface area contributed by atoms with Gasteiger partial charge in [0.25, 0.3) is 5.91 Å². The largest absolute Gasteiger partial charge is 0.450 e. The fraction of sp³-hybridized carbons (Fsp3) is 0.294. The van der Waals surface area contributed by atoms with Crippen molar-refractivity contribution < 1.29 is 23.7 Å². The average Bonchev–Trinajstić information content (AvgIpc) is 3.10. The first-order valence-electron chi connectivity index (χ1n) is 7.72. The molecule has 132 valence electrons. The van der Waals surface area contributed by atoms with Crippen molar-refractivity contribution in [2.24, 2.45) is 0 Å². The van der Waals surface area contributed by atoms with Crippen LogP contribution < -0.4 is 5.32 Å². The fourth-order valence-electron chi connectivity index (χ4n) is 2.07. The van der Waals surface area contributed by atoms with Crippen molar-refractivity contribution in [2.45, 2.75) is 26.2 Å². The summed E-state index contributed by atoms with van der Waals surface area (Å²) in [6, 6.07) is 9.56. The first-order valence-corrected chi connectivity index (χ1v) is 7.72. The van der Waals surface area contributed by atoms with Crippen LogP contribution in [0, 0.1) is 10.1 Å². The van der Waals surface area contributed by atoms with Gasteiger partial charge in [-0.1, -0.05) is 26.0 Å². The summed E-state index contributed by atoms with van der Waals surface area (Å²) < 4.78 is 9.47. The lowest BCUT2D eigenvalue weighted by Crippen LogP contribution is -2.20. The summed E-state index contributed by atoms with van der Waals surface area (Å²) >= 11 is 0. The van der Waals surface area contributed by atoms with Gasteiger partial charge in [-0.25, -0.2) is 4.79 Å². The molecule has 0 aliphatic rings. The molecular formula is C17H18N2O6. The quantitative estimate of drug-likeness (QED) is 0.466. The Morgan fingerprint density at radius 2 is 1.92 bits per heavy atom. The number of hydrogen-bond donors (Lipinski definition) is 1. The molecule has 8 nitrogen and oxygen atoms in total. The van der Waals surface area contributed by atoms with Gasteiger partial charge in [-0.3, -0.25) is 14.9 Å². The molecule has 2 rings (SSSR count). The van der Waals surface area contributed by atoms with Crippen molar-refractivity contribution in [1.29, 1.82) is 0 Å². The summed E-state index contributed by atoms with van der Waals surface area (Å²) in [6.07, 6.45) is 1.02. The van der Waals surface area contributed by atoms with Crippen LogP contribution in [-0.2, 0) is 9.53 Å². The molecule has 8 heteroatoms. The lowest BCUT2D eigenvalue weighted by Gasteiger charge is -2.10. The normalized spacial score (nSPS) is 11.6. The Morgan fingerprint density at radius 1 is 1.24 bits per heavy atom. The molecule has 0 bridgehead atoms. The van der Waals surface area contributed by atoms with Crippen molar-refractivity contribution in [2.75, 3.05) is 11.9 Å². The second kappa shape index (κ2) is 8.09. The number of nitro groups is 1. The molecule has 1 aromatic heterocycles. The fourth-order valence-corrected chi connectivity index (χ4v) is 2.07. The van der Waals surface area contributed by atoms with Crippen molar-refractivity contribution >= 4 is 23.4 Å². The molecule has 25 heavy (non-hydrogen) atoms. The predicted molar refractivity (Wildman–Crippen MR) is 89.4 cm³/mol. The first kappa shape index (κ1) is 18.2. The van der Waals surface area contributed by atoms with E-state index in [9.17, 15) is 19.7 Å². The molecule has 1 aromatic carbocycles. The smallest absolute Gasteiger partial charge is 0.433 e. The van der Waals surface area contributed by atoms with Gasteiger partial charge >= 0.3 is 11.9 Å². The molecule has 0 saturated carbocycles. The zero-order valence-corrected chi connectivity index (χ0v) is 13.9. The molecule has 1 atom stereocenters. The third-order valence-electron chi connectivity index (χ3n) is 3.68. The Hall–Kier alpha value is -3.16. The first-order chi connectivity index (χ1) is 11.9. The zero-order chi connectivity index (χ0) is 18.4. The Kier molecular flexibility index (Phi) is 5.89. The van der Waals surface area contributed by atoms with Gasteiger partial charge < -0.3 is 14.5 Å². The maximum absolute atomic E-state index is 11.8. The lowest BCUT2D eigenvalue weighted by atomic mass is 9.99. The van der Waals surface area contributed by atoms with E-state index in [-0.39, 0.29) is 5.76 Å². The molecule has 2 aromatic rings. The number of carbonyl (C=O) groups excluding carboxylic acids is 2. The second-order valence-electron chi connectivity index (χ2n) is 5.45. The van der Waals surface area contributed by atoms with Crippen molar-refractivity contribution in [1.82, 2.24) is 0 Å². The molecule has 0 aliphatic carbocycles. The van der Waals surface area contributed by atoms with E-state index in [2.05, 4.69) is 19.2 Å². The van der Waals surface area contributed by atoms with E-state index in [0.717, 1.165) is 18.6 Å². The minimum atomic E-state index is -0.949. The highest BCUT2D eigenvalue weighted by Gasteiger charge is 2.19. The van der Waals surface area contributed by atoms with E-state index in [4.69, 9.17) is 9.15 Å². The number of ether oxygens (including phenoxy) is 1. The second-order valence-corrected chi connectivity index (χ2v) is 5.45. The van der Waals surface area contributed by atoms with Crippen molar-refractivity contribution in [3.63, 3.8) is 0 Å². The van der Waals surface area contributed by atoms with Gasteiger partial charge in [0, 0.05) is 5.69 Å². The molecule has 0 fully saturated rings. The Morgan fingerprint density at radius 3 is 2.48 bits per heavy atom. The number of esters is 1. The number of benzene rings is 1. The highest BCUT2D eigenvalue weighted by atomic mass is 16.7. The number of carbonyl (C=O) groups is 2. The monoisotopic (exact) mass is 346 g/mol. The zero-order valence-electron chi connectivity index (χ0n) is 13.9. The Labute approximate surface area is 143 Å². The molecule has 0 aliphatic heterocycles. The van der Waals surface area contributed by atoms with E-state index in [1.165, 1.54) is 5.56 Å². The van der Waals surface area contributed by atoms with Gasteiger partial charge in [-0.15, -0.1) is 0 Å². The number of nitrogens with one attached hydrogen (secondary N) is 1. The van der Waals surface area contributed by atoms with Gasteiger partial charge in [0.1, 0.15) is 4.92 Å². The molecule has 1 heterocycles. The summed E-state index contributed by atoms with van der Waals surface area (Å²) in [6.45, 7) is 3.69. The standard InChI is InChI=1S/C17H18N2O6/c1-3-11(2)12-4-6-13(7-5-12)18-15(20)10-24-17(21)14-8-9-16(25-14)19(22)23/h4-9,11H,3,10H2,1-2H3,(H,18,20)/t11-/m0/s1. The number of hydrogen-bond acceptors (Lipinski definition) is 6. The van der Waals surface area contributed by atoms with Crippen LogP contribution in [0.3, 0.4) is 0 Å². The van der Waals surface area contributed by atoms with E-state index in [1.807, 2.05) is 12.1 Å². The van der Waals surface area contributed by atoms with Gasteiger partial charge in [-0.2, -0.15) is 0 Å². The molecule has 1 N–H and O–H groups in total. The summed E-state index contributed by atoms with van der Waals surface area (Å²) in [5.41, 5.74) is 1.76. The minimum absolute atomic E-state index is 0.336. The SMILES string of the molecule is CC[C@H](C)c1ccc(NC(=O)COC(=O)c2ccc([N+](=O)[O-])o2)cc1. The molecule has 1 amide bonds. The van der Waals surface area contributed by atoms with Gasteiger partial charge in [0.15, 0.2) is 6.61 Å². The van der Waals surface area contributed by atoms with Gasteiger partial charge in [0.05, 0.1) is 6.07 Å². The van der Waals surface area contributed by atoms with Crippen LogP contribution in [0.25, 0.3) is 0 Å². The van der Waals surface area contributed by atoms with Crippen molar-refractivity contribution in [3.8, 4) is 0 Å². The number of anilines is 1. The molecule has 0 unspecified atom stereocenters. The van der Waals surface area contributed by atoms with Crippen LogP contribution in [0.15, 0.2) is 40.8 Å². The van der Waals surface area contributed by atoms with Crippen molar-refractivity contribution in [3.05, 3.63) is 57.8 Å².